The number of ether oxygens (including phenoxy) is 2. The van der Waals surface area contributed by atoms with Crippen molar-refractivity contribution in [3.8, 4) is 0 Å². The third-order valence-electron chi connectivity index (χ3n) is 3.15. The molecule has 1 heterocycles. The van der Waals surface area contributed by atoms with Crippen LogP contribution < -0.4 is 10.6 Å². The van der Waals surface area contributed by atoms with Crippen molar-refractivity contribution >= 4 is 15.8 Å². The maximum absolute atomic E-state index is 11.1. The fraction of sp³-hybridized carbons (Fsp3) is 0.929. The molecule has 0 aliphatic carbocycles. The second kappa shape index (κ2) is 10.8. The molecule has 1 saturated heterocycles. The van der Waals surface area contributed by atoms with Crippen molar-refractivity contribution in [2.75, 3.05) is 51.5 Å². The van der Waals surface area contributed by atoms with Gasteiger partial charge in [-0.15, -0.1) is 0 Å². The Bertz CT molecular complexity index is 420. The zero-order chi connectivity index (χ0) is 16.3. The number of nitrogens with zero attached hydrogens (tertiary/aromatic N) is 1. The van der Waals surface area contributed by atoms with Gasteiger partial charge >= 0.3 is 0 Å². The minimum atomic E-state index is -2.95. The number of hydrogen-bond donors (Lipinski definition) is 2. The van der Waals surface area contributed by atoms with Gasteiger partial charge in [0.2, 0.25) is 0 Å². The molecule has 1 unspecified atom stereocenters. The van der Waals surface area contributed by atoms with E-state index in [0.29, 0.717) is 32.3 Å². The fourth-order valence-corrected chi connectivity index (χ4v) is 2.52. The second-order valence-corrected chi connectivity index (χ2v) is 7.64. The molecule has 8 heteroatoms. The number of hydrogen-bond acceptors (Lipinski definition) is 5. The summed E-state index contributed by atoms with van der Waals surface area (Å²) in [7, 11) is -2.95. The molecule has 0 saturated carbocycles. The van der Waals surface area contributed by atoms with E-state index in [1.807, 2.05) is 6.92 Å². The van der Waals surface area contributed by atoms with E-state index in [4.69, 9.17) is 9.47 Å². The molecule has 1 fully saturated rings. The van der Waals surface area contributed by atoms with E-state index in [1.54, 1.807) is 0 Å². The summed E-state index contributed by atoms with van der Waals surface area (Å²) in [5.41, 5.74) is 0. The summed E-state index contributed by atoms with van der Waals surface area (Å²) in [6, 6.07) is 0. The number of nitrogens with one attached hydrogen (secondary N) is 2. The summed E-state index contributed by atoms with van der Waals surface area (Å²) in [4.78, 5) is 4.39. The summed E-state index contributed by atoms with van der Waals surface area (Å²) in [6.45, 7) is 5.88. The van der Waals surface area contributed by atoms with Crippen LogP contribution >= 0.6 is 0 Å². The second-order valence-electron chi connectivity index (χ2n) is 5.38. The first-order chi connectivity index (χ1) is 10.5. The Kier molecular flexibility index (Phi) is 9.42. The lowest BCUT2D eigenvalue weighted by Crippen LogP contribution is -2.39. The summed E-state index contributed by atoms with van der Waals surface area (Å²) < 4.78 is 33.2. The molecule has 0 amide bonds. The van der Waals surface area contributed by atoms with Gasteiger partial charge in [-0.2, -0.15) is 0 Å². The summed E-state index contributed by atoms with van der Waals surface area (Å²) in [5.74, 6) is 0.743. The minimum absolute atomic E-state index is 0.0991. The SMILES string of the molecule is CCNC(=NCCCOCC1CCCO1)NCCS(C)(=O)=O. The predicted octanol–water partition coefficient (Wildman–Crippen LogP) is 0.172. The van der Waals surface area contributed by atoms with Gasteiger partial charge in [-0.25, -0.2) is 8.42 Å². The van der Waals surface area contributed by atoms with Crippen LogP contribution in [0.15, 0.2) is 4.99 Å². The quantitative estimate of drug-likeness (QED) is 0.336. The highest BCUT2D eigenvalue weighted by molar-refractivity contribution is 7.90. The van der Waals surface area contributed by atoms with Crippen LogP contribution in [0.25, 0.3) is 0 Å². The topological polar surface area (TPSA) is 89.0 Å². The first-order valence-corrected chi connectivity index (χ1v) is 9.96. The Hall–Kier alpha value is -0.860. The Morgan fingerprint density at radius 1 is 1.41 bits per heavy atom. The van der Waals surface area contributed by atoms with Crippen LogP contribution in [-0.4, -0.2) is 71.9 Å². The van der Waals surface area contributed by atoms with Crippen molar-refractivity contribution < 1.29 is 17.9 Å². The molecule has 0 radical (unpaired) electrons. The number of aliphatic imine (C=N–C) groups is 1. The highest BCUT2D eigenvalue weighted by atomic mass is 32.2. The molecule has 0 spiro atoms. The molecule has 0 bridgehead atoms. The molecule has 130 valence electrons. The van der Waals surface area contributed by atoms with Crippen LogP contribution in [0.4, 0.5) is 0 Å². The van der Waals surface area contributed by atoms with Gasteiger partial charge in [-0.3, -0.25) is 4.99 Å². The molecule has 1 aliphatic heterocycles. The minimum Gasteiger partial charge on any atom is -0.379 e. The van der Waals surface area contributed by atoms with Crippen molar-refractivity contribution in [2.24, 2.45) is 4.99 Å². The monoisotopic (exact) mass is 335 g/mol. The highest BCUT2D eigenvalue weighted by Crippen LogP contribution is 2.11. The summed E-state index contributed by atoms with van der Waals surface area (Å²) in [5, 5.41) is 6.10. The van der Waals surface area contributed by atoms with E-state index in [9.17, 15) is 8.42 Å². The zero-order valence-electron chi connectivity index (χ0n) is 13.6. The van der Waals surface area contributed by atoms with E-state index in [-0.39, 0.29) is 11.9 Å². The average molecular weight is 335 g/mol. The molecule has 1 aliphatic rings. The van der Waals surface area contributed by atoms with Gasteiger partial charge in [0.1, 0.15) is 9.84 Å². The number of sulfone groups is 1. The van der Waals surface area contributed by atoms with Gasteiger partial charge in [0.25, 0.3) is 0 Å². The average Bonchev–Trinajstić information content (AvgIpc) is 2.94. The molecule has 2 N–H and O–H groups in total. The first-order valence-electron chi connectivity index (χ1n) is 7.90. The largest absolute Gasteiger partial charge is 0.379 e. The molecule has 1 atom stereocenters. The number of guanidine groups is 1. The standard InChI is InChI=1S/C14H29N3O4S/c1-3-15-14(17-8-11-22(2,18)19)16-7-5-9-20-12-13-6-4-10-21-13/h13H,3-12H2,1-2H3,(H2,15,16,17). The third-order valence-corrected chi connectivity index (χ3v) is 4.10. The maximum Gasteiger partial charge on any atom is 0.191 e. The molecular formula is C14H29N3O4S. The van der Waals surface area contributed by atoms with Gasteiger partial charge in [0.05, 0.1) is 18.5 Å². The van der Waals surface area contributed by atoms with E-state index in [0.717, 1.165) is 32.4 Å². The Morgan fingerprint density at radius 2 is 2.23 bits per heavy atom. The molecule has 7 nitrogen and oxygen atoms in total. The maximum atomic E-state index is 11.1. The third kappa shape index (κ3) is 9.97. The lowest BCUT2D eigenvalue weighted by Gasteiger charge is -2.11. The van der Waals surface area contributed by atoms with Gasteiger partial charge in [-0.05, 0) is 26.2 Å². The fourth-order valence-electron chi connectivity index (χ4n) is 2.04. The van der Waals surface area contributed by atoms with Crippen molar-refractivity contribution in [3.05, 3.63) is 0 Å². The molecule has 0 aromatic heterocycles. The molecular weight excluding hydrogens is 306 g/mol. The normalized spacial score (nSPS) is 19.4. The van der Waals surface area contributed by atoms with E-state index in [2.05, 4.69) is 15.6 Å². The van der Waals surface area contributed by atoms with Crippen LogP contribution in [0.1, 0.15) is 26.2 Å². The van der Waals surface area contributed by atoms with Gasteiger partial charge in [0.15, 0.2) is 5.96 Å². The first kappa shape index (κ1) is 19.2. The van der Waals surface area contributed by atoms with Crippen molar-refractivity contribution in [1.29, 1.82) is 0 Å². The summed E-state index contributed by atoms with van der Waals surface area (Å²) >= 11 is 0. The van der Waals surface area contributed by atoms with Crippen LogP contribution in [0, 0.1) is 0 Å². The Morgan fingerprint density at radius 3 is 2.86 bits per heavy atom. The molecule has 1 rings (SSSR count). The molecule has 0 aromatic rings. The summed E-state index contributed by atoms with van der Waals surface area (Å²) in [6.07, 6.45) is 4.54. The number of rotatable bonds is 10. The smallest absolute Gasteiger partial charge is 0.191 e. The van der Waals surface area contributed by atoms with E-state index >= 15 is 0 Å². The van der Waals surface area contributed by atoms with Crippen LogP contribution in [0.5, 0.6) is 0 Å². The van der Waals surface area contributed by atoms with Crippen molar-refractivity contribution in [3.63, 3.8) is 0 Å². The van der Waals surface area contributed by atoms with Gasteiger partial charge in [0, 0.05) is 39.1 Å². The van der Waals surface area contributed by atoms with Crippen LogP contribution in [-0.2, 0) is 19.3 Å². The molecule has 22 heavy (non-hydrogen) atoms. The lowest BCUT2D eigenvalue weighted by molar-refractivity contribution is 0.0171. The Labute approximate surface area is 133 Å². The molecule has 0 aromatic carbocycles. The predicted molar refractivity (Wildman–Crippen MR) is 88.1 cm³/mol. The van der Waals surface area contributed by atoms with E-state index < -0.39 is 9.84 Å². The van der Waals surface area contributed by atoms with Gasteiger partial charge < -0.3 is 20.1 Å². The van der Waals surface area contributed by atoms with Crippen LogP contribution in [0.2, 0.25) is 0 Å². The Balaban J connectivity index is 2.12. The lowest BCUT2D eigenvalue weighted by atomic mass is 10.2. The zero-order valence-corrected chi connectivity index (χ0v) is 14.5. The van der Waals surface area contributed by atoms with Crippen LogP contribution in [0.3, 0.4) is 0 Å². The van der Waals surface area contributed by atoms with Crippen molar-refractivity contribution in [2.45, 2.75) is 32.3 Å². The highest BCUT2D eigenvalue weighted by Gasteiger charge is 2.14. The van der Waals surface area contributed by atoms with Gasteiger partial charge in [-0.1, -0.05) is 0 Å². The van der Waals surface area contributed by atoms with Crippen molar-refractivity contribution in [1.82, 2.24) is 10.6 Å². The van der Waals surface area contributed by atoms with E-state index in [1.165, 1.54) is 6.26 Å².